The molecule has 1 aromatic carbocycles. The van der Waals surface area contributed by atoms with E-state index in [4.69, 9.17) is 19.2 Å². The fourth-order valence-corrected chi connectivity index (χ4v) is 10.4. The maximum Gasteiger partial charge on any atom is 0.408 e. The van der Waals surface area contributed by atoms with Crippen molar-refractivity contribution in [3.8, 4) is 11.6 Å². The van der Waals surface area contributed by atoms with Gasteiger partial charge in [0.25, 0.3) is 5.91 Å². The van der Waals surface area contributed by atoms with Crippen molar-refractivity contribution in [2.45, 2.75) is 152 Å². The summed E-state index contributed by atoms with van der Waals surface area (Å²) in [4.78, 5) is 62.9. The molecule has 0 unspecified atom stereocenters. The summed E-state index contributed by atoms with van der Waals surface area (Å²) in [5.41, 5.74) is -0.821. The van der Waals surface area contributed by atoms with E-state index in [1.54, 1.807) is 0 Å². The standard InChI is InChI=1S/C45H62N6O9S/c1-5-28-25-45(28,42(54)50-61(56,57)31-19-20-31)49-39(52)35-24-30-26-51(35)41(53)38(44(2,3)4)48-43(55)60-36-23-27(36)13-7-6-8-17-33-37(58-22-12-21-46-29-14-11-15-29)32-16-9-10-18-34(32)47-40(33)59-30/h5,9-10,16,18,27-31,35-36,38,46H,1,6-8,11-15,17,19-26H2,2-4H3,(H,48,55)(H,49,52)(H,50,54)/t27-,28-,30-,35+,36-,38-,45-/m1/s1. The molecule has 0 spiro atoms. The minimum atomic E-state index is -3.91. The summed E-state index contributed by atoms with van der Waals surface area (Å²) in [6.07, 6.45) is 10.6. The molecular formula is C45H62N6O9S. The highest BCUT2D eigenvalue weighted by Gasteiger charge is 2.62. The third-order valence-corrected chi connectivity index (χ3v) is 15.2. The lowest BCUT2D eigenvalue weighted by atomic mass is 9.85. The van der Waals surface area contributed by atoms with Crippen LogP contribution in [0.5, 0.6) is 11.6 Å². The first-order valence-electron chi connectivity index (χ1n) is 22.4. The number of nitrogens with one attached hydrogen (secondary N) is 4. The number of amides is 4. The van der Waals surface area contributed by atoms with Crippen molar-refractivity contribution >= 4 is 44.7 Å². The Morgan fingerprint density at radius 2 is 1.84 bits per heavy atom. The number of para-hydroxylation sites is 1. The first kappa shape index (κ1) is 43.2. The van der Waals surface area contributed by atoms with Crippen molar-refractivity contribution in [2.75, 3.05) is 19.7 Å². The molecule has 2 bridgehead atoms. The molecule has 3 heterocycles. The molecule has 4 aliphatic carbocycles. The minimum absolute atomic E-state index is 0.0258. The Labute approximate surface area is 358 Å². The molecule has 15 nitrogen and oxygen atoms in total. The van der Waals surface area contributed by atoms with Gasteiger partial charge in [0, 0.05) is 23.8 Å². The Morgan fingerprint density at radius 3 is 2.54 bits per heavy atom. The number of benzene rings is 1. The van der Waals surface area contributed by atoms with E-state index in [0.29, 0.717) is 43.3 Å². The van der Waals surface area contributed by atoms with Crippen LogP contribution in [0.1, 0.15) is 110 Å². The Bertz CT molecular complexity index is 2130. The molecule has 16 heteroatoms. The predicted octanol–water partition coefficient (Wildman–Crippen LogP) is 4.81. The lowest BCUT2D eigenvalue weighted by Crippen LogP contribution is -2.60. The molecule has 2 aliphatic heterocycles. The Balaban J connectivity index is 1.11. The fourth-order valence-electron chi connectivity index (χ4n) is 9.06. The minimum Gasteiger partial charge on any atom is -0.492 e. The van der Waals surface area contributed by atoms with Crippen LogP contribution in [-0.2, 0) is 35.6 Å². The number of hydrogen-bond donors (Lipinski definition) is 4. The number of ether oxygens (including phenoxy) is 3. The third kappa shape index (κ3) is 9.64. The number of aromatic nitrogens is 1. The van der Waals surface area contributed by atoms with Crippen molar-refractivity contribution in [3.63, 3.8) is 0 Å². The van der Waals surface area contributed by atoms with Gasteiger partial charge in [0.05, 0.1) is 29.5 Å². The number of pyridine rings is 1. The van der Waals surface area contributed by atoms with Gasteiger partial charge in [0.1, 0.15) is 35.6 Å². The molecule has 4 saturated carbocycles. The summed E-state index contributed by atoms with van der Waals surface area (Å²) in [5.74, 6) is -1.15. The second kappa shape index (κ2) is 17.4. The summed E-state index contributed by atoms with van der Waals surface area (Å²) in [6.45, 7) is 10.6. The zero-order chi connectivity index (χ0) is 43.1. The first-order chi connectivity index (χ1) is 29.2. The largest absolute Gasteiger partial charge is 0.492 e. The van der Waals surface area contributed by atoms with Crippen LogP contribution in [0.2, 0.25) is 0 Å². The zero-order valence-corrected chi connectivity index (χ0v) is 36.5. The van der Waals surface area contributed by atoms with Crippen molar-refractivity contribution in [3.05, 3.63) is 42.5 Å². The van der Waals surface area contributed by atoms with Crippen molar-refractivity contribution < 1.29 is 41.8 Å². The predicted molar refractivity (Wildman–Crippen MR) is 228 cm³/mol. The van der Waals surface area contributed by atoms with Gasteiger partial charge in [-0.3, -0.25) is 19.1 Å². The van der Waals surface area contributed by atoms with Crippen LogP contribution >= 0.6 is 0 Å². The SMILES string of the molecule is C=C[C@@H]1C[C@]1(NC(=O)[C@@H]1C[C@@H]2CN1C(=O)[C@H](C(C)(C)C)NC(=O)O[C@@H]1C[C@H]1CCCCCc1c(nc3ccccc3c1OCCCNC1CCC1)O2)C(=O)NS(=O)(=O)C1CC1. The van der Waals surface area contributed by atoms with Gasteiger partial charge < -0.3 is 35.1 Å². The molecule has 4 N–H and O–H groups in total. The number of fused-ring (bicyclic) bond motifs is 5. The third-order valence-electron chi connectivity index (χ3n) is 13.4. The molecule has 8 rings (SSSR count). The van der Waals surface area contributed by atoms with Gasteiger partial charge in [-0.05, 0) is 94.2 Å². The van der Waals surface area contributed by atoms with Crippen LogP contribution in [0.4, 0.5) is 4.79 Å². The summed E-state index contributed by atoms with van der Waals surface area (Å²) in [5, 5.41) is 9.54. The number of hydrogen-bond acceptors (Lipinski definition) is 11. The number of nitrogens with zero attached hydrogens (tertiary/aromatic N) is 2. The van der Waals surface area contributed by atoms with Crippen molar-refractivity contribution in [1.29, 1.82) is 0 Å². The molecule has 0 radical (unpaired) electrons. The molecule has 6 aliphatic rings. The normalized spacial score (nSPS) is 29.6. The van der Waals surface area contributed by atoms with E-state index in [2.05, 4.69) is 27.3 Å². The van der Waals surface area contributed by atoms with Crippen LogP contribution in [-0.4, -0.2) is 103 Å². The van der Waals surface area contributed by atoms with Gasteiger partial charge in [-0.15, -0.1) is 6.58 Å². The maximum absolute atomic E-state index is 14.8. The van der Waals surface area contributed by atoms with Gasteiger partial charge in [-0.2, -0.15) is 0 Å². The molecule has 2 aromatic rings. The van der Waals surface area contributed by atoms with E-state index in [1.165, 1.54) is 30.2 Å². The molecule has 61 heavy (non-hydrogen) atoms. The first-order valence-corrected chi connectivity index (χ1v) is 23.9. The average Bonchev–Trinajstić information content (AvgIpc) is 4.13. The zero-order valence-electron chi connectivity index (χ0n) is 35.7. The highest BCUT2D eigenvalue weighted by atomic mass is 32.2. The van der Waals surface area contributed by atoms with E-state index in [9.17, 15) is 27.6 Å². The second-order valence-corrected chi connectivity index (χ2v) is 21.1. The summed E-state index contributed by atoms with van der Waals surface area (Å²) in [6, 6.07) is 6.17. The highest BCUT2D eigenvalue weighted by molar-refractivity contribution is 7.91. The van der Waals surface area contributed by atoms with E-state index in [0.717, 1.165) is 61.8 Å². The van der Waals surface area contributed by atoms with Gasteiger partial charge in [0.2, 0.25) is 27.7 Å². The Hall–Kier alpha value is -4.44. The van der Waals surface area contributed by atoms with Crippen LogP contribution in [0, 0.1) is 17.3 Å². The summed E-state index contributed by atoms with van der Waals surface area (Å²) < 4.78 is 47.2. The van der Waals surface area contributed by atoms with Gasteiger partial charge in [0.15, 0.2) is 0 Å². The molecule has 1 aromatic heterocycles. The Morgan fingerprint density at radius 1 is 1.05 bits per heavy atom. The Kier molecular flexibility index (Phi) is 12.3. The quantitative estimate of drug-likeness (QED) is 0.169. The van der Waals surface area contributed by atoms with Gasteiger partial charge in [-0.1, -0.05) is 58.2 Å². The van der Waals surface area contributed by atoms with Crippen LogP contribution in [0.15, 0.2) is 36.9 Å². The van der Waals surface area contributed by atoms with E-state index in [-0.39, 0.29) is 31.4 Å². The van der Waals surface area contributed by atoms with Crippen LogP contribution in [0.3, 0.4) is 0 Å². The summed E-state index contributed by atoms with van der Waals surface area (Å²) in [7, 11) is -3.91. The van der Waals surface area contributed by atoms with Crippen LogP contribution in [0.25, 0.3) is 10.9 Å². The molecule has 332 valence electrons. The fraction of sp³-hybridized carbons (Fsp3) is 0.667. The second-order valence-electron chi connectivity index (χ2n) is 19.2. The van der Waals surface area contributed by atoms with Crippen LogP contribution < -0.4 is 30.1 Å². The van der Waals surface area contributed by atoms with Crippen molar-refractivity contribution in [2.24, 2.45) is 17.3 Å². The molecule has 4 amide bonds. The number of rotatable bonds is 12. The summed E-state index contributed by atoms with van der Waals surface area (Å²) >= 11 is 0. The van der Waals surface area contributed by atoms with Gasteiger partial charge >= 0.3 is 6.09 Å². The van der Waals surface area contributed by atoms with Crippen molar-refractivity contribution in [1.82, 2.24) is 30.6 Å². The highest BCUT2D eigenvalue weighted by Crippen LogP contribution is 2.46. The lowest BCUT2D eigenvalue weighted by molar-refractivity contribution is -0.142. The molecule has 1 saturated heterocycles. The number of sulfonamides is 1. The van der Waals surface area contributed by atoms with Gasteiger partial charge in [-0.25, -0.2) is 18.2 Å². The topological polar surface area (TPSA) is 194 Å². The molecule has 5 fully saturated rings. The monoisotopic (exact) mass is 862 g/mol. The number of carbonyl (C=O) groups excluding carboxylic acids is 4. The molecular weight excluding hydrogens is 801 g/mol. The van der Waals surface area contributed by atoms with E-state index in [1.807, 2.05) is 45.0 Å². The smallest absolute Gasteiger partial charge is 0.408 e. The average molecular weight is 863 g/mol. The number of carbonyl (C=O) groups is 4. The van der Waals surface area contributed by atoms with E-state index >= 15 is 0 Å². The molecule has 7 atom stereocenters. The maximum atomic E-state index is 14.8. The lowest BCUT2D eigenvalue weighted by Gasteiger charge is -2.35. The number of alkyl carbamates (subject to hydrolysis) is 1. The van der Waals surface area contributed by atoms with E-state index < -0.39 is 74.1 Å².